The van der Waals surface area contributed by atoms with E-state index in [0.717, 1.165) is 0 Å². The smallest absolute Gasteiger partial charge is 0.503 e. The molecule has 1 aromatic heterocycles. The van der Waals surface area contributed by atoms with Gasteiger partial charge in [-0.25, -0.2) is 0 Å². The Bertz CT molecular complexity index is 306. The number of nitrogens with zero attached hydrogens (tertiary/aromatic N) is 1. The van der Waals surface area contributed by atoms with E-state index in [-0.39, 0.29) is 28.2 Å². The number of hydrogen-bond donors (Lipinski definition) is 1. The molecule has 0 spiro atoms. The maximum atomic E-state index is 10.7. The Hall–Kier alpha value is -0.731. The fourth-order valence-electron chi connectivity index (χ4n) is 0.716. The summed E-state index contributed by atoms with van der Waals surface area (Å²) in [6, 6.07) is 1.34. The van der Waals surface area contributed by atoms with Gasteiger partial charge in [-0.2, -0.15) is 0 Å². The zero-order chi connectivity index (χ0) is 7.72. The van der Waals surface area contributed by atoms with E-state index >= 15 is 0 Å². The Kier molecular flexibility index (Phi) is 3.36. The second-order valence-electron chi connectivity index (χ2n) is 2.22. The summed E-state index contributed by atoms with van der Waals surface area (Å²) in [7, 11) is 1.77. The number of aromatic nitrogens is 1. The van der Waals surface area contributed by atoms with Crippen molar-refractivity contribution in [3.63, 3.8) is 0 Å². The van der Waals surface area contributed by atoms with E-state index in [9.17, 15) is 4.79 Å². The average molecular weight is 195 g/mol. The molecule has 0 aromatic carbocycles. The zero-order valence-corrected chi connectivity index (χ0v) is 7.42. The number of hydrogen-bond acceptors (Lipinski definition) is 2. The van der Waals surface area contributed by atoms with E-state index in [0.29, 0.717) is 5.69 Å². The first-order valence-corrected chi connectivity index (χ1v) is 2.98. The summed E-state index contributed by atoms with van der Waals surface area (Å²) < 4.78 is 1.69. The summed E-state index contributed by atoms with van der Waals surface area (Å²) in [5, 5.41) is 9.05. The minimum atomic E-state index is -0.324. The third-order valence-corrected chi connectivity index (χ3v) is 1.55. The van der Waals surface area contributed by atoms with Crippen LogP contribution in [0.2, 0.25) is 0 Å². The van der Waals surface area contributed by atoms with Crippen molar-refractivity contribution in [1.82, 2.24) is 4.57 Å². The van der Waals surface area contributed by atoms with E-state index in [1.54, 1.807) is 24.7 Å². The van der Waals surface area contributed by atoms with Crippen LogP contribution in [0.3, 0.4) is 0 Å². The second-order valence-corrected chi connectivity index (χ2v) is 2.22. The molecule has 0 amide bonds. The first-order valence-electron chi connectivity index (χ1n) is 2.98. The summed E-state index contributed by atoms with van der Waals surface area (Å²) in [4.78, 5) is 10.7. The number of pyridine rings is 1. The van der Waals surface area contributed by atoms with Crippen molar-refractivity contribution in [2.24, 2.45) is 7.05 Å². The molecule has 0 aliphatic rings. The molecule has 0 fully saturated rings. The van der Waals surface area contributed by atoms with Crippen molar-refractivity contribution in [2.45, 2.75) is 6.92 Å². The van der Waals surface area contributed by atoms with Crippen LogP contribution >= 0.6 is 0 Å². The molecule has 0 atom stereocenters. The monoisotopic (exact) mass is 195 g/mol. The van der Waals surface area contributed by atoms with Gasteiger partial charge in [-0.05, 0) is 6.92 Å². The van der Waals surface area contributed by atoms with Gasteiger partial charge in [-0.15, -0.1) is 0 Å². The van der Waals surface area contributed by atoms with Crippen LogP contribution < -0.4 is 5.43 Å². The molecule has 0 bridgehead atoms. The zero-order valence-electron chi connectivity index (χ0n) is 6.31. The molecular formula is C7H9FeNO2+3. The van der Waals surface area contributed by atoms with Crippen LogP contribution in [-0.4, -0.2) is 9.67 Å². The molecule has 1 aromatic rings. The molecule has 1 radical (unpaired) electrons. The molecule has 0 aliphatic heterocycles. The van der Waals surface area contributed by atoms with Gasteiger partial charge in [-0.1, -0.05) is 0 Å². The molecule has 1 N–H and O–H groups in total. The standard InChI is InChI=1S/C7H9NO2.Fe/c1-5-7(10)6(9)3-4-8(5)2;/h3-4,10H,1-2H3;/q;+3. The second kappa shape index (κ2) is 3.60. The van der Waals surface area contributed by atoms with Gasteiger partial charge in [0.1, 0.15) is 0 Å². The van der Waals surface area contributed by atoms with Crippen LogP contribution in [0.15, 0.2) is 17.1 Å². The van der Waals surface area contributed by atoms with Gasteiger partial charge >= 0.3 is 17.1 Å². The fraction of sp³-hybridized carbons (Fsp3) is 0.286. The Balaban J connectivity index is 0.000001000. The molecule has 1 rings (SSSR count). The number of aromatic hydroxyl groups is 1. The molecule has 0 unspecified atom stereocenters. The van der Waals surface area contributed by atoms with Gasteiger partial charge in [0, 0.05) is 19.3 Å². The van der Waals surface area contributed by atoms with E-state index < -0.39 is 0 Å². The van der Waals surface area contributed by atoms with Crippen LogP contribution in [0, 0.1) is 6.92 Å². The van der Waals surface area contributed by atoms with E-state index in [2.05, 4.69) is 0 Å². The Morgan fingerprint density at radius 3 is 2.55 bits per heavy atom. The van der Waals surface area contributed by atoms with Crippen molar-refractivity contribution < 1.29 is 22.2 Å². The Labute approximate surface area is 75.1 Å². The number of aryl methyl sites for hydroxylation is 1. The van der Waals surface area contributed by atoms with Crippen molar-refractivity contribution in [3.8, 4) is 5.75 Å². The predicted octanol–water partition coefficient (Wildman–Crippen LogP) is 0.397. The molecule has 0 saturated heterocycles. The van der Waals surface area contributed by atoms with E-state index in [1.807, 2.05) is 0 Å². The summed E-state index contributed by atoms with van der Waals surface area (Å²) in [6.07, 6.45) is 1.62. The van der Waals surface area contributed by atoms with Crippen LogP contribution in [-0.2, 0) is 24.1 Å². The van der Waals surface area contributed by atoms with Crippen LogP contribution in [0.4, 0.5) is 0 Å². The molecule has 1 heterocycles. The Morgan fingerprint density at radius 1 is 1.55 bits per heavy atom. The van der Waals surface area contributed by atoms with Gasteiger partial charge < -0.3 is 9.67 Å². The molecule has 59 valence electrons. The van der Waals surface area contributed by atoms with Crippen molar-refractivity contribution in [1.29, 1.82) is 0 Å². The number of rotatable bonds is 0. The summed E-state index contributed by atoms with van der Waals surface area (Å²) >= 11 is 0. The average Bonchev–Trinajstić information content (AvgIpc) is 1.93. The molecule has 3 nitrogen and oxygen atoms in total. The van der Waals surface area contributed by atoms with Crippen LogP contribution in [0.5, 0.6) is 5.75 Å². The molecule has 11 heavy (non-hydrogen) atoms. The van der Waals surface area contributed by atoms with Gasteiger partial charge in [0.2, 0.25) is 5.43 Å². The molecule has 4 heteroatoms. The van der Waals surface area contributed by atoms with E-state index in [4.69, 9.17) is 5.11 Å². The van der Waals surface area contributed by atoms with Crippen molar-refractivity contribution in [3.05, 3.63) is 28.2 Å². The largest absolute Gasteiger partial charge is 3.00 e. The van der Waals surface area contributed by atoms with Crippen molar-refractivity contribution in [2.75, 3.05) is 0 Å². The van der Waals surface area contributed by atoms with Gasteiger partial charge in [-0.3, -0.25) is 4.79 Å². The van der Waals surface area contributed by atoms with Gasteiger partial charge in [0.25, 0.3) is 0 Å². The quantitative estimate of drug-likeness (QED) is 0.608. The first kappa shape index (κ1) is 10.3. The molecular weight excluding hydrogens is 186 g/mol. The topological polar surface area (TPSA) is 42.2 Å². The predicted molar refractivity (Wildman–Crippen MR) is 38.1 cm³/mol. The summed E-state index contributed by atoms with van der Waals surface area (Å²) in [5.74, 6) is -0.162. The summed E-state index contributed by atoms with van der Waals surface area (Å²) in [5.41, 5.74) is 0.267. The molecule has 0 aliphatic carbocycles. The van der Waals surface area contributed by atoms with Gasteiger partial charge in [0.15, 0.2) is 5.75 Å². The maximum absolute atomic E-state index is 10.7. The summed E-state index contributed by atoms with van der Waals surface area (Å²) in [6.45, 7) is 1.69. The fourth-order valence-corrected chi connectivity index (χ4v) is 0.716. The minimum Gasteiger partial charge on any atom is -0.503 e. The maximum Gasteiger partial charge on any atom is 3.00 e. The first-order chi connectivity index (χ1) is 4.63. The van der Waals surface area contributed by atoms with Crippen LogP contribution in [0.1, 0.15) is 5.69 Å². The van der Waals surface area contributed by atoms with Crippen LogP contribution in [0.25, 0.3) is 0 Å². The Morgan fingerprint density at radius 2 is 2.09 bits per heavy atom. The minimum absolute atomic E-state index is 0. The van der Waals surface area contributed by atoms with Crippen molar-refractivity contribution >= 4 is 0 Å². The van der Waals surface area contributed by atoms with E-state index in [1.165, 1.54) is 6.07 Å². The SMILES string of the molecule is Cc1c(O)c(=O)ccn1C.[Fe+3]. The molecule has 0 saturated carbocycles. The third kappa shape index (κ3) is 1.85. The van der Waals surface area contributed by atoms with Gasteiger partial charge in [0.05, 0.1) is 5.69 Å². The third-order valence-electron chi connectivity index (χ3n) is 1.55. The normalized spacial score (nSPS) is 8.91.